The van der Waals surface area contributed by atoms with Gasteiger partial charge >= 0.3 is 5.97 Å². The Morgan fingerprint density at radius 1 is 1.06 bits per heavy atom. The molecule has 3 heterocycles. The van der Waals surface area contributed by atoms with Gasteiger partial charge in [-0.15, -0.1) is 6.58 Å². The fourth-order valence-electron chi connectivity index (χ4n) is 8.30. The standard InChI is InChI=1S/C38H68N4O7/c1-11-28-20-38(7,46-10)34(49-35-32(43)30(23-39(8)9)19-26(3)48-35)27(4)33(44)37(5,6)36(45)47-25-31(42(12-2)22-28)24-41-17-15-40(16-18-41)21-29-13-14-29/h11,26-32,34-35,43H,1,12-25H2,2-10H3/t26-,27+,28-,30-,31+,32-,34-,35+,38-/m1/s1. The molecule has 11 heteroatoms. The van der Waals surface area contributed by atoms with Crippen molar-refractivity contribution in [3.8, 4) is 0 Å². The maximum absolute atomic E-state index is 14.4. The maximum atomic E-state index is 14.4. The number of nitrogens with zero attached hydrogens (tertiary/aromatic N) is 4. The second kappa shape index (κ2) is 17.4. The number of aliphatic hydroxyl groups is 1. The second-order valence-corrected chi connectivity index (χ2v) is 16.5. The average molecular weight is 693 g/mol. The van der Waals surface area contributed by atoms with Crippen LogP contribution in [0, 0.1) is 29.1 Å². The van der Waals surface area contributed by atoms with Gasteiger partial charge in [0.2, 0.25) is 0 Å². The lowest BCUT2D eigenvalue weighted by Gasteiger charge is -2.46. The van der Waals surface area contributed by atoms with Gasteiger partial charge in [0.05, 0.1) is 23.9 Å². The molecule has 4 rings (SSSR count). The molecule has 11 nitrogen and oxygen atoms in total. The summed E-state index contributed by atoms with van der Waals surface area (Å²) in [6.07, 6.45) is 3.08. The van der Waals surface area contributed by atoms with Crippen molar-refractivity contribution in [3.05, 3.63) is 12.7 Å². The zero-order valence-electron chi connectivity index (χ0n) is 32.1. The number of rotatable bonds is 11. The summed E-state index contributed by atoms with van der Waals surface area (Å²) in [5, 5.41) is 11.5. The Morgan fingerprint density at radius 3 is 2.24 bits per heavy atom. The van der Waals surface area contributed by atoms with E-state index in [-0.39, 0.29) is 36.4 Å². The Morgan fingerprint density at radius 2 is 1.69 bits per heavy atom. The summed E-state index contributed by atoms with van der Waals surface area (Å²) in [4.78, 5) is 37.7. The fraction of sp³-hybridized carbons (Fsp3) is 0.895. The van der Waals surface area contributed by atoms with Crippen molar-refractivity contribution in [2.75, 3.05) is 86.7 Å². The first kappa shape index (κ1) is 40.3. The number of piperazine rings is 1. The van der Waals surface area contributed by atoms with Crippen LogP contribution in [0.3, 0.4) is 0 Å². The molecule has 9 atom stereocenters. The van der Waals surface area contributed by atoms with Crippen LogP contribution in [0.1, 0.15) is 67.2 Å². The first-order valence-electron chi connectivity index (χ1n) is 18.8. The number of ketones is 1. The van der Waals surface area contributed by atoms with Crippen LogP contribution in [0.2, 0.25) is 0 Å². The van der Waals surface area contributed by atoms with Crippen molar-refractivity contribution < 1.29 is 33.6 Å². The topological polar surface area (TPSA) is 104 Å². The number of hydrogen-bond donors (Lipinski definition) is 1. The van der Waals surface area contributed by atoms with Crippen LogP contribution in [0.15, 0.2) is 12.7 Å². The molecule has 0 aromatic rings. The molecule has 282 valence electrons. The van der Waals surface area contributed by atoms with Gasteiger partial charge in [-0.25, -0.2) is 0 Å². The Balaban J connectivity index is 1.61. The fourth-order valence-corrected chi connectivity index (χ4v) is 8.30. The Labute approximate surface area is 296 Å². The van der Waals surface area contributed by atoms with Gasteiger partial charge in [-0.1, -0.05) is 19.9 Å². The molecule has 3 aliphatic heterocycles. The number of ether oxygens (including phenoxy) is 4. The zero-order valence-corrected chi connectivity index (χ0v) is 32.1. The third kappa shape index (κ3) is 10.3. The highest BCUT2D eigenvalue weighted by Gasteiger charge is 2.51. The van der Waals surface area contributed by atoms with Crippen molar-refractivity contribution in [2.24, 2.45) is 29.1 Å². The van der Waals surface area contributed by atoms with Gasteiger partial charge in [0.15, 0.2) is 12.1 Å². The van der Waals surface area contributed by atoms with E-state index >= 15 is 0 Å². The highest BCUT2D eigenvalue weighted by atomic mass is 16.7. The SMILES string of the molecule is C=C[C@H]1CN(CC)[C@@H](CN2CCN(CC3CC3)CC2)COC(=O)C(C)(C)C(=O)[C@H](C)[C@@H](O[C@@H]2O[C@H](C)C[C@H](CN(C)C)[C@H]2O)[C@](C)(OC)C1. The third-order valence-electron chi connectivity index (χ3n) is 11.7. The van der Waals surface area contributed by atoms with Gasteiger partial charge in [-0.05, 0) is 85.9 Å². The van der Waals surface area contributed by atoms with E-state index in [9.17, 15) is 14.7 Å². The first-order chi connectivity index (χ1) is 23.1. The number of hydrogen-bond acceptors (Lipinski definition) is 11. The lowest BCUT2D eigenvalue weighted by atomic mass is 9.74. The van der Waals surface area contributed by atoms with Gasteiger partial charge < -0.3 is 33.9 Å². The molecule has 1 N–H and O–H groups in total. The summed E-state index contributed by atoms with van der Waals surface area (Å²) in [5.74, 6) is -0.804. The smallest absolute Gasteiger partial charge is 0.319 e. The molecule has 4 aliphatic rings. The summed E-state index contributed by atoms with van der Waals surface area (Å²) >= 11 is 0. The normalized spacial score (nSPS) is 38.0. The number of methoxy groups -OCH3 is 1. The second-order valence-electron chi connectivity index (χ2n) is 16.5. The molecule has 49 heavy (non-hydrogen) atoms. The van der Waals surface area contributed by atoms with Crippen molar-refractivity contribution in [3.63, 3.8) is 0 Å². The highest BCUT2D eigenvalue weighted by Crippen LogP contribution is 2.39. The minimum absolute atomic E-state index is 0.0155. The molecular weight excluding hydrogens is 624 g/mol. The third-order valence-corrected chi connectivity index (χ3v) is 11.7. The van der Waals surface area contributed by atoms with Gasteiger partial charge in [0, 0.05) is 71.3 Å². The summed E-state index contributed by atoms with van der Waals surface area (Å²) in [6, 6.07) is -0.0442. The van der Waals surface area contributed by atoms with Crippen molar-refractivity contribution in [1.82, 2.24) is 19.6 Å². The van der Waals surface area contributed by atoms with E-state index in [1.807, 2.05) is 34.0 Å². The Bertz CT molecular complexity index is 1090. The lowest BCUT2D eigenvalue weighted by Crippen LogP contribution is -2.57. The van der Waals surface area contributed by atoms with Gasteiger partial charge in [0.1, 0.15) is 18.1 Å². The van der Waals surface area contributed by atoms with E-state index < -0.39 is 41.4 Å². The molecule has 0 aromatic carbocycles. The first-order valence-corrected chi connectivity index (χ1v) is 18.8. The summed E-state index contributed by atoms with van der Waals surface area (Å²) in [5.41, 5.74) is -2.40. The molecule has 0 amide bonds. The summed E-state index contributed by atoms with van der Waals surface area (Å²) in [6.45, 7) is 23.8. The quantitative estimate of drug-likeness (QED) is 0.196. The Hall–Kier alpha value is -1.44. The molecule has 3 saturated heterocycles. The minimum Gasteiger partial charge on any atom is -0.463 e. The Kier molecular flexibility index (Phi) is 14.3. The van der Waals surface area contributed by atoms with E-state index in [4.69, 9.17) is 18.9 Å². The van der Waals surface area contributed by atoms with Crippen LogP contribution in [-0.4, -0.2) is 159 Å². The summed E-state index contributed by atoms with van der Waals surface area (Å²) in [7, 11) is 5.61. The lowest BCUT2D eigenvalue weighted by molar-refractivity contribution is -0.296. The van der Waals surface area contributed by atoms with Crippen LogP contribution in [0.4, 0.5) is 0 Å². The number of carbonyl (C=O) groups excluding carboxylic acids is 2. The van der Waals surface area contributed by atoms with Crippen molar-refractivity contribution in [2.45, 2.75) is 103 Å². The molecule has 0 radical (unpaired) electrons. The largest absolute Gasteiger partial charge is 0.463 e. The number of carbonyl (C=O) groups is 2. The molecule has 1 saturated carbocycles. The van der Waals surface area contributed by atoms with E-state index in [1.165, 1.54) is 19.4 Å². The van der Waals surface area contributed by atoms with Crippen LogP contribution in [0.5, 0.6) is 0 Å². The molecule has 0 spiro atoms. The van der Waals surface area contributed by atoms with E-state index in [0.717, 1.165) is 45.2 Å². The van der Waals surface area contributed by atoms with Crippen molar-refractivity contribution >= 4 is 11.8 Å². The number of cyclic esters (lactones) is 1. The predicted octanol–water partition coefficient (Wildman–Crippen LogP) is 3.15. The average Bonchev–Trinajstić information content (AvgIpc) is 3.89. The minimum atomic E-state index is -1.43. The molecule has 0 aromatic heterocycles. The highest BCUT2D eigenvalue weighted by molar-refractivity contribution is 6.04. The van der Waals surface area contributed by atoms with Gasteiger partial charge in [0.25, 0.3) is 0 Å². The number of aliphatic hydroxyl groups excluding tert-OH is 1. The summed E-state index contributed by atoms with van der Waals surface area (Å²) < 4.78 is 25.3. The van der Waals surface area contributed by atoms with Crippen LogP contribution >= 0.6 is 0 Å². The van der Waals surface area contributed by atoms with Crippen LogP contribution in [0.25, 0.3) is 0 Å². The van der Waals surface area contributed by atoms with Gasteiger partial charge in [-0.3, -0.25) is 19.4 Å². The molecule has 0 bridgehead atoms. The number of Topliss-reactive ketones (excluding diaryl/α,β-unsaturated/α-hetero) is 1. The molecule has 0 unspecified atom stereocenters. The maximum Gasteiger partial charge on any atom is 0.319 e. The molecule has 4 fully saturated rings. The van der Waals surface area contributed by atoms with Crippen LogP contribution < -0.4 is 0 Å². The zero-order chi connectivity index (χ0) is 36.1. The van der Waals surface area contributed by atoms with E-state index in [1.54, 1.807) is 27.9 Å². The number of esters is 1. The number of likely N-dealkylation sites (N-methyl/N-ethyl adjacent to an activating group) is 1. The van der Waals surface area contributed by atoms with E-state index in [2.05, 4.69) is 33.1 Å². The predicted molar refractivity (Wildman–Crippen MR) is 191 cm³/mol. The van der Waals surface area contributed by atoms with Crippen molar-refractivity contribution in [1.29, 1.82) is 0 Å². The van der Waals surface area contributed by atoms with Gasteiger partial charge in [-0.2, -0.15) is 0 Å². The van der Waals surface area contributed by atoms with E-state index in [0.29, 0.717) is 25.9 Å². The monoisotopic (exact) mass is 693 g/mol. The molecular formula is C38H68N4O7. The van der Waals surface area contributed by atoms with Crippen LogP contribution in [-0.2, 0) is 28.5 Å². The molecule has 1 aliphatic carbocycles.